The second kappa shape index (κ2) is 4.55. The van der Waals surface area contributed by atoms with Crippen LogP contribution in [0.15, 0.2) is 23.1 Å². The molecule has 0 aliphatic carbocycles. The van der Waals surface area contributed by atoms with E-state index in [1.807, 2.05) is 6.07 Å². The highest BCUT2D eigenvalue weighted by Gasteiger charge is 2.17. The molecule has 3 heterocycles. The molecule has 1 saturated heterocycles. The van der Waals surface area contributed by atoms with Crippen molar-refractivity contribution < 1.29 is 4.74 Å². The zero-order chi connectivity index (χ0) is 12.5. The van der Waals surface area contributed by atoms with Crippen LogP contribution in [0.25, 0.3) is 5.52 Å². The fourth-order valence-corrected chi connectivity index (χ4v) is 2.05. The van der Waals surface area contributed by atoms with Gasteiger partial charge in [0.25, 0.3) is 5.56 Å². The van der Waals surface area contributed by atoms with Gasteiger partial charge in [0.2, 0.25) is 0 Å². The van der Waals surface area contributed by atoms with Gasteiger partial charge in [0.05, 0.1) is 12.6 Å². The van der Waals surface area contributed by atoms with Crippen LogP contribution in [0.2, 0.25) is 0 Å². The SMILES string of the molecule is Cn1c(CNC[C@@H]2CCO2)nn2cccc2c1=O. The molecule has 18 heavy (non-hydrogen) atoms. The summed E-state index contributed by atoms with van der Waals surface area (Å²) in [5.41, 5.74) is 0.579. The number of nitrogens with one attached hydrogen (secondary N) is 1. The summed E-state index contributed by atoms with van der Waals surface area (Å²) in [5.74, 6) is 0.725. The molecular weight excluding hydrogens is 232 g/mol. The molecule has 3 rings (SSSR count). The summed E-state index contributed by atoms with van der Waals surface area (Å²) >= 11 is 0. The van der Waals surface area contributed by atoms with Crippen LogP contribution in [0.1, 0.15) is 12.2 Å². The largest absolute Gasteiger partial charge is 0.377 e. The third-order valence-corrected chi connectivity index (χ3v) is 3.31. The number of aromatic nitrogens is 3. The molecule has 1 N–H and O–H groups in total. The van der Waals surface area contributed by atoms with Gasteiger partial charge in [-0.05, 0) is 18.6 Å². The highest BCUT2D eigenvalue weighted by atomic mass is 16.5. The van der Waals surface area contributed by atoms with E-state index in [0.29, 0.717) is 18.2 Å². The molecule has 0 aromatic carbocycles. The van der Waals surface area contributed by atoms with Crippen LogP contribution in [-0.2, 0) is 18.3 Å². The Kier molecular flexibility index (Phi) is 2.89. The molecule has 0 saturated carbocycles. The molecule has 0 amide bonds. The van der Waals surface area contributed by atoms with E-state index in [4.69, 9.17) is 4.74 Å². The van der Waals surface area contributed by atoms with E-state index in [9.17, 15) is 4.79 Å². The van der Waals surface area contributed by atoms with Crippen LogP contribution in [0.4, 0.5) is 0 Å². The molecule has 1 fully saturated rings. The Bertz CT molecular complexity index is 612. The second-order valence-electron chi connectivity index (χ2n) is 4.53. The van der Waals surface area contributed by atoms with E-state index in [0.717, 1.165) is 25.4 Å². The van der Waals surface area contributed by atoms with Gasteiger partial charge >= 0.3 is 0 Å². The minimum atomic E-state index is -0.0216. The molecule has 2 aromatic rings. The van der Waals surface area contributed by atoms with Crippen molar-refractivity contribution in [3.63, 3.8) is 0 Å². The molecule has 6 nitrogen and oxygen atoms in total. The van der Waals surface area contributed by atoms with Gasteiger partial charge < -0.3 is 10.1 Å². The standard InChI is InChI=1S/C12H16N4O2/c1-15-11(8-13-7-9-4-6-18-9)14-16-5-2-3-10(16)12(15)17/h2-3,5,9,13H,4,6-8H2,1H3/t9-/m0/s1. The van der Waals surface area contributed by atoms with Crippen molar-refractivity contribution >= 4 is 5.52 Å². The quantitative estimate of drug-likeness (QED) is 0.821. The van der Waals surface area contributed by atoms with Gasteiger partial charge in [-0.3, -0.25) is 9.36 Å². The van der Waals surface area contributed by atoms with Crippen molar-refractivity contribution in [2.45, 2.75) is 19.1 Å². The zero-order valence-corrected chi connectivity index (χ0v) is 10.3. The number of ether oxygens (including phenoxy) is 1. The maximum atomic E-state index is 12.0. The van der Waals surface area contributed by atoms with E-state index >= 15 is 0 Å². The van der Waals surface area contributed by atoms with Gasteiger partial charge in [-0.2, -0.15) is 5.10 Å². The van der Waals surface area contributed by atoms with E-state index < -0.39 is 0 Å². The number of nitrogens with zero attached hydrogens (tertiary/aromatic N) is 3. The zero-order valence-electron chi connectivity index (χ0n) is 10.3. The predicted molar refractivity (Wildman–Crippen MR) is 66.5 cm³/mol. The van der Waals surface area contributed by atoms with Crippen molar-refractivity contribution in [3.8, 4) is 0 Å². The minimum absolute atomic E-state index is 0.0216. The summed E-state index contributed by atoms with van der Waals surface area (Å²) in [5, 5.41) is 7.68. The molecule has 2 aromatic heterocycles. The number of fused-ring (bicyclic) bond motifs is 1. The topological polar surface area (TPSA) is 60.6 Å². The summed E-state index contributed by atoms with van der Waals surface area (Å²) in [6, 6.07) is 3.60. The lowest BCUT2D eigenvalue weighted by molar-refractivity contribution is -0.0485. The van der Waals surface area contributed by atoms with Crippen LogP contribution in [0, 0.1) is 0 Å². The van der Waals surface area contributed by atoms with E-state index in [1.165, 1.54) is 0 Å². The molecule has 1 atom stereocenters. The molecule has 1 aliphatic heterocycles. The third kappa shape index (κ3) is 1.93. The lowest BCUT2D eigenvalue weighted by Gasteiger charge is -2.26. The van der Waals surface area contributed by atoms with Gasteiger partial charge in [0, 0.05) is 26.4 Å². The Morgan fingerprint density at radius 3 is 3.17 bits per heavy atom. The van der Waals surface area contributed by atoms with Crippen molar-refractivity contribution in [1.82, 2.24) is 19.5 Å². The average Bonchev–Trinajstić information content (AvgIpc) is 2.76. The molecule has 0 unspecified atom stereocenters. The minimum Gasteiger partial charge on any atom is -0.377 e. The van der Waals surface area contributed by atoms with Crippen LogP contribution >= 0.6 is 0 Å². The van der Waals surface area contributed by atoms with Gasteiger partial charge in [0.15, 0.2) is 0 Å². The summed E-state index contributed by atoms with van der Waals surface area (Å²) in [6.45, 7) is 2.23. The highest BCUT2D eigenvalue weighted by Crippen LogP contribution is 2.09. The first-order valence-electron chi connectivity index (χ1n) is 6.11. The first-order valence-corrected chi connectivity index (χ1v) is 6.11. The number of rotatable bonds is 4. The van der Waals surface area contributed by atoms with Crippen LogP contribution in [0.3, 0.4) is 0 Å². The highest BCUT2D eigenvalue weighted by molar-refractivity contribution is 5.43. The van der Waals surface area contributed by atoms with Crippen LogP contribution < -0.4 is 10.9 Å². The molecule has 1 aliphatic rings. The Labute approximate surface area is 104 Å². The maximum Gasteiger partial charge on any atom is 0.277 e. The van der Waals surface area contributed by atoms with Crippen molar-refractivity contribution in [3.05, 3.63) is 34.5 Å². The van der Waals surface area contributed by atoms with Crippen molar-refractivity contribution in [1.29, 1.82) is 0 Å². The second-order valence-corrected chi connectivity index (χ2v) is 4.53. The first-order chi connectivity index (χ1) is 8.75. The normalized spacial score (nSPS) is 19.1. The van der Waals surface area contributed by atoms with Gasteiger partial charge in [-0.25, -0.2) is 4.52 Å². The first kappa shape index (κ1) is 11.4. The van der Waals surface area contributed by atoms with E-state index in [1.54, 1.807) is 28.4 Å². The molecule has 0 bridgehead atoms. The molecule has 0 spiro atoms. The van der Waals surface area contributed by atoms with Crippen molar-refractivity contribution in [2.24, 2.45) is 7.05 Å². The number of hydrogen-bond acceptors (Lipinski definition) is 4. The van der Waals surface area contributed by atoms with Gasteiger partial charge in [0.1, 0.15) is 11.3 Å². The molecule has 0 radical (unpaired) electrons. The lowest BCUT2D eigenvalue weighted by Crippen LogP contribution is -2.38. The van der Waals surface area contributed by atoms with E-state index in [2.05, 4.69) is 10.4 Å². The molecule has 6 heteroatoms. The fraction of sp³-hybridized carbons (Fsp3) is 0.500. The summed E-state index contributed by atoms with van der Waals surface area (Å²) in [6.07, 6.45) is 3.21. The monoisotopic (exact) mass is 248 g/mol. The third-order valence-electron chi connectivity index (χ3n) is 3.31. The smallest absolute Gasteiger partial charge is 0.277 e. The predicted octanol–water partition coefficient (Wildman–Crippen LogP) is -0.0885. The van der Waals surface area contributed by atoms with Gasteiger partial charge in [-0.15, -0.1) is 0 Å². The Hall–Kier alpha value is -1.66. The van der Waals surface area contributed by atoms with E-state index in [-0.39, 0.29) is 5.56 Å². The van der Waals surface area contributed by atoms with Gasteiger partial charge in [-0.1, -0.05) is 0 Å². The molecular formula is C12H16N4O2. The average molecular weight is 248 g/mol. The van der Waals surface area contributed by atoms with Crippen molar-refractivity contribution in [2.75, 3.05) is 13.2 Å². The Morgan fingerprint density at radius 1 is 1.61 bits per heavy atom. The van der Waals surface area contributed by atoms with Crippen LogP contribution in [0.5, 0.6) is 0 Å². The number of hydrogen-bond donors (Lipinski definition) is 1. The Balaban J connectivity index is 1.77. The summed E-state index contributed by atoms with van der Waals surface area (Å²) in [7, 11) is 1.75. The molecule has 96 valence electrons. The summed E-state index contributed by atoms with van der Waals surface area (Å²) < 4.78 is 8.54. The van der Waals surface area contributed by atoms with Crippen LogP contribution in [-0.4, -0.2) is 33.4 Å². The Morgan fingerprint density at radius 2 is 2.44 bits per heavy atom. The summed E-state index contributed by atoms with van der Waals surface area (Å²) in [4.78, 5) is 12.0. The fourth-order valence-electron chi connectivity index (χ4n) is 2.05. The maximum absolute atomic E-state index is 12.0. The lowest BCUT2D eigenvalue weighted by atomic mass is 10.2.